The second-order valence-corrected chi connectivity index (χ2v) is 4.14. The third kappa shape index (κ3) is 3.59. The summed E-state index contributed by atoms with van der Waals surface area (Å²) in [5.41, 5.74) is 6.90. The van der Waals surface area contributed by atoms with Gasteiger partial charge in [0, 0.05) is 18.0 Å². The number of ether oxygens (including phenoxy) is 1. The summed E-state index contributed by atoms with van der Waals surface area (Å²) in [5, 5.41) is 8.92. The highest BCUT2D eigenvalue weighted by Crippen LogP contribution is 2.12. The average Bonchev–Trinajstić information content (AvgIpc) is 2.43. The van der Waals surface area contributed by atoms with Gasteiger partial charge in [-0.1, -0.05) is 12.1 Å². The predicted octanol–water partition coefficient (Wildman–Crippen LogP) is 1.00. The predicted molar refractivity (Wildman–Crippen MR) is 73.0 cm³/mol. The largest absolute Gasteiger partial charge is 0.492 e. The summed E-state index contributed by atoms with van der Waals surface area (Å²) in [5.74, 6) is 0.703. The summed E-state index contributed by atoms with van der Waals surface area (Å²) in [6.45, 7) is 0.826. The number of nitrogens with two attached hydrogens (primary N) is 1. The van der Waals surface area contributed by atoms with Crippen molar-refractivity contribution in [1.82, 2.24) is 4.57 Å². The number of nitrogen functional groups attached to an aromatic ring is 1. The van der Waals surface area contributed by atoms with Crippen LogP contribution in [0.5, 0.6) is 5.75 Å². The smallest absolute Gasteiger partial charge is 0.250 e. The van der Waals surface area contributed by atoms with E-state index in [1.54, 1.807) is 36.5 Å². The molecule has 0 spiro atoms. The molecule has 1 aromatic carbocycles. The van der Waals surface area contributed by atoms with E-state index in [-0.39, 0.29) is 12.2 Å². The SMILES string of the molecule is Nc1ccc(=O)n(CCOc2ccc(CO)cc2)c1. The van der Waals surface area contributed by atoms with Crippen LogP contribution in [0.1, 0.15) is 5.56 Å². The first kappa shape index (κ1) is 13.2. The van der Waals surface area contributed by atoms with Crippen LogP contribution in [-0.4, -0.2) is 16.3 Å². The van der Waals surface area contributed by atoms with Crippen molar-refractivity contribution in [3.63, 3.8) is 0 Å². The van der Waals surface area contributed by atoms with E-state index in [1.165, 1.54) is 10.6 Å². The molecule has 3 N–H and O–H groups in total. The molecule has 100 valence electrons. The lowest BCUT2D eigenvalue weighted by molar-refractivity contribution is 0.280. The van der Waals surface area contributed by atoms with E-state index in [9.17, 15) is 4.79 Å². The van der Waals surface area contributed by atoms with Crippen molar-refractivity contribution < 1.29 is 9.84 Å². The van der Waals surface area contributed by atoms with E-state index in [4.69, 9.17) is 15.6 Å². The quantitative estimate of drug-likeness (QED) is 0.840. The van der Waals surface area contributed by atoms with Crippen LogP contribution >= 0.6 is 0 Å². The minimum atomic E-state index is -0.103. The first-order chi connectivity index (χ1) is 9.19. The van der Waals surface area contributed by atoms with Gasteiger partial charge in [-0.2, -0.15) is 0 Å². The van der Waals surface area contributed by atoms with Crippen molar-refractivity contribution in [2.24, 2.45) is 0 Å². The number of aromatic nitrogens is 1. The molecule has 2 rings (SSSR count). The van der Waals surface area contributed by atoms with E-state index in [0.29, 0.717) is 24.6 Å². The van der Waals surface area contributed by atoms with Crippen LogP contribution in [0.4, 0.5) is 5.69 Å². The molecule has 0 aliphatic heterocycles. The fourth-order valence-corrected chi connectivity index (χ4v) is 1.68. The molecule has 0 radical (unpaired) electrons. The second kappa shape index (κ2) is 6.06. The Kier molecular flexibility index (Phi) is 4.20. The Morgan fingerprint density at radius 2 is 1.89 bits per heavy atom. The van der Waals surface area contributed by atoms with Gasteiger partial charge in [0.25, 0.3) is 5.56 Å². The Morgan fingerprint density at radius 1 is 1.16 bits per heavy atom. The van der Waals surface area contributed by atoms with Gasteiger partial charge in [0.05, 0.1) is 13.2 Å². The summed E-state index contributed by atoms with van der Waals surface area (Å²) in [4.78, 5) is 11.5. The summed E-state index contributed by atoms with van der Waals surface area (Å²) in [7, 11) is 0. The Hall–Kier alpha value is -2.27. The summed E-state index contributed by atoms with van der Waals surface area (Å²) < 4.78 is 7.03. The zero-order chi connectivity index (χ0) is 13.7. The molecule has 0 atom stereocenters. The van der Waals surface area contributed by atoms with E-state index < -0.39 is 0 Å². The Bertz CT molecular complexity index is 590. The number of rotatable bonds is 5. The van der Waals surface area contributed by atoms with Gasteiger partial charge in [-0.25, -0.2) is 0 Å². The molecule has 5 nitrogen and oxygen atoms in total. The van der Waals surface area contributed by atoms with Crippen molar-refractivity contribution in [3.8, 4) is 5.75 Å². The number of anilines is 1. The molecular weight excluding hydrogens is 244 g/mol. The lowest BCUT2D eigenvalue weighted by atomic mass is 10.2. The molecule has 0 amide bonds. The van der Waals surface area contributed by atoms with Crippen molar-refractivity contribution in [2.45, 2.75) is 13.2 Å². The number of hydrogen-bond acceptors (Lipinski definition) is 4. The van der Waals surface area contributed by atoms with E-state index in [1.807, 2.05) is 0 Å². The minimum Gasteiger partial charge on any atom is -0.492 e. The number of aliphatic hydroxyl groups excluding tert-OH is 1. The molecular formula is C14H16N2O3. The van der Waals surface area contributed by atoms with Gasteiger partial charge in [0.1, 0.15) is 12.4 Å². The maximum atomic E-state index is 11.5. The fraction of sp³-hybridized carbons (Fsp3) is 0.214. The molecule has 2 aromatic rings. The van der Waals surface area contributed by atoms with Gasteiger partial charge < -0.3 is 20.1 Å². The molecule has 0 unspecified atom stereocenters. The Balaban J connectivity index is 1.92. The van der Waals surface area contributed by atoms with Crippen LogP contribution < -0.4 is 16.0 Å². The molecule has 0 saturated heterocycles. The van der Waals surface area contributed by atoms with Gasteiger partial charge in [-0.3, -0.25) is 4.79 Å². The second-order valence-electron chi connectivity index (χ2n) is 4.14. The Labute approximate surface area is 110 Å². The number of pyridine rings is 1. The van der Waals surface area contributed by atoms with Gasteiger partial charge in [0.2, 0.25) is 0 Å². The third-order valence-electron chi connectivity index (χ3n) is 2.71. The maximum absolute atomic E-state index is 11.5. The lowest BCUT2D eigenvalue weighted by Crippen LogP contribution is -2.22. The monoisotopic (exact) mass is 260 g/mol. The van der Waals surface area contributed by atoms with Crippen molar-refractivity contribution in [3.05, 3.63) is 58.5 Å². The molecule has 1 heterocycles. The molecule has 5 heteroatoms. The van der Waals surface area contributed by atoms with E-state index >= 15 is 0 Å². The zero-order valence-corrected chi connectivity index (χ0v) is 10.5. The molecule has 0 bridgehead atoms. The fourth-order valence-electron chi connectivity index (χ4n) is 1.68. The van der Waals surface area contributed by atoms with Crippen LogP contribution in [0, 0.1) is 0 Å². The van der Waals surface area contributed by atoms with E-state index in [2.05, 4.69) is 0 Å². The van der Waals surface area contributed by atoms with Crippen LogP contribution in [-0.2, 0) is 13.2 Å². The van der Waals surface area contributed by atoms with E-state index in [0.717, 1.165) is 5.56 Å². The normalized spacial score (nSPS) is 10.4. The number of aliphatic hydroxyl groups is 1. The number of nitrogens with zero attached hydrogens (tertiary/aromatic N) is 1. The lowest BCUT2D eigenvalue weighted by Gasteiger charge is -2.09. The maximum Gasteiger partial charge on any atom is 0.250 e. The average molecular weight is 260 g/mol. The first-order valence-electron chi connectivity index (χ1n) is 5.97. The summed E-state index contributed by atoms with van der Waals surface area (Å²) in [6.07, 6.45) is 1.60. The molecule has 1 aromatic heterocycles. The van der Waals surface area contributed by atoms with Gasteiger partial charge in [0.15, 0.2) is 0 Å². The molecule has 0 aliphatic rings. The van der Waals surface area contributed by atoms with Crippen LogP contribution in [0.15, 0.2) is 47.4 Å². The summed E-state index contributed by atoms with van der Waals surface area (Å²) >= 11 is 0. The van der Waals surface area contributed by atoms with Crippen LogP contribution in [0.2, 0.25) is 0 Å². The number of benzene rings is 1. The van der Waals surface area contributed by atoms with Gasteiger partial charge >= 0.3 is 0 Å². The topological polar surface area (TPSA) is 77.5 Å². The molecule has 0 fully saturated rings. The summed E-state index contributed by atoms with van der Waals surface area (Å²) in [6, 6.07) is 10.2. The van der Waals surface area contributed by atoms with Gasteiger partial charge in [-0.15, -0.1) is 0 Å². The highest BCUT2D eigenvalue weighted by atomic mass is 16.5. The third-order valence-corrected chi connectivity index (χ3v) is 2.71. The molecule has 0 saturated carbocycles. The first-order valence-corrected chi connectivity index (χ1v) is 5.97. The Morgan fingerprint density at radius 3 is 2.58 bits per heavy atom. The van der Waals surface area contributed by atoms with Gasteiger partial charge in [-0.05, 0) is 23.8 Å². The van der Waals surface area contributed by atoms with Crippen LogP contribution in [0.3, 0.4) is 0 Å². The molecule has 0 aliphatic carbocycles. The van der Waals surface area contributed by atoms with Crippen molar-refractivity contribution in [2.75, 3.05) is 12.3 Å². The molecule has 19 heavy (non-hydrogen) atoms. The minimum absolute atomic E-state index is 0.0129. The standard InChI is InChI=1S/C14H16N2O3/c15-12-3-6-14(18)16(9-12)7-8-19-13-4-1-11(10-17)2-5-13/h1-6,9,17H,7-8,10,15H2. The highest BCUT2D eigenvalue weighted by Gasteiger charge is 1.98. The van der Waals surface area contributed by atoms with Crippen LogP contribution in [0.25, 0.3) is 0 Å². The number of hydrogen-bond donors (Lipinski definition) is 2. The highest BCUT2D eigenvalue weighted by molar-refractivity contribution is 5.33. The van der Waals surface area contributed by atoms with Crippen molar-refractivity contribution in [1.29, 1.82) is 0 Å². The van der Waals surface area contributed by atoms with Crippen molar-refractivity contribution >= 4 is 5.69 Å². The zero-order valence-electron chi connectivity index (χ0n) is 10.5.